The summed E-state index contributed by atoms with van der Waals surface area (Å²) in [6.45, 7) is 6.87. The maximum absolute atomic E-state index is 8.29. The smallest absolute Gasteiger partial charge is 0.133 e. The van der Waals surface area contributed by atoms with Gasteiger partial charge < -0.3 is 0 Å². The molecule has 0 fully saturated rings. The van der Waals surface area contributed by atoms with Crippen molar-refractivity contribution in [2.45, 2.75) is 52.9 Å². The van der Waals surface area contributed by atoms with Crippen LogP contribution in [0, 0.1) is 16.1 Å². The minimum atomic E-state index is 0.488. The number of rotatable bonds is 6. The van der Waals surface area contributed by atoms with Crippen LogP contribution < -0.4 is 0 Å². The largest absolute Gasteiger partial charge is 0.185 e. The van der Waals surface area contributed by atoms with Gasteiger partial charge >= 0.3 is 0 Å². The molecule has 2 heteroatoms. The van der Waals surface area contributed by atoms with E-state index >= 15 is 0 Å². The normalized spacial score (nSPS) is 11.2. The summed E-state index contributed by atoms with van der Waals surface area (Å²) in [5, 5.41) is 10.4. The Hall–Kier alpha value is -0.160. The fourth-order valence-corrected chi connectivity index (χ4v) is 1.67. The summed E-state index contributed by atoms with van der Waals surface area (Å²) < 4.78 is 0. The van der Waals surface area contributed by atoms with Gasteiger partial charge in [0.15, 0.2) is 0 Å². The van der Waals surface area contributed by atoms with Crippen LogP contribution in [0.15, 0.2) is 0 Å². The third-order valence-corrected chi connectivity index (χ3v) is 2.61. The van der Waals surface area contributed by atoms with E-state index in [-0.39, 0.29) is 0 Å². The molecule has 0 saturated heterocycles. The first-order valence-electron chi connectivity index (χ1n) is 5.07. The Morgan fingerprint density at radius 3 is 2.23 bits per heavy atom. The van der Waals surface area contributed by atoms with Crippen LogP contribution in [0.25, 0.3) is 0 Å². The SMILES string of the molecule is CC(C)(C)CCCCCCSC#N. The Morgan fingerprint density at radius 2 is 1.69 bits per heavy atom. The standard InChI is InChI=1S/C11H21NS/c1-11(2,3)8-6-4-5-7-9-13-10-12/h4-9H2,1-3H3. The molecule has 0 aromatic carbocycles. The van der Waals surface area contributed by atoms with Crippen molar-refractivity contribution in [3.8, 4) is 5.40 Å². The molecule has 0 saturated carbocycles. The first-order chi connectivity index (χ1) is 6.06. The first-order valence-corrected chi connectivity index (χ1v) is 6.06. The lowest BCUT2D eigenvalue weighted by atomic mass is 9.89. The van der Waals surface area contributed by atoms with E-state index in [1.54, 1.807) is 0 Å². The molecule has 0 heterocycles. The predicted octanol–water partition coefficient (Wildman–Crippen LogP) is 4.20. The summed E-state index contributed by atoms with van der Waals surface area (Å²) in [4.78, 5) is 0. The maximum atomic E-state index is 8.29. The molecule has 0 unspecified atom stereocenters. The zero-order valence-corrected chi connectivity index (χ0v) is 9.91. The number of nitriles is 1. The van der Waals surface area contributed by atoms with Gasteiger partial charge in [-0.15, -0.1) is 0 Å². The van der Waals surface area contributed by atoms with Crippen LogP contribution >= 0.6 is 11.8 Å². The van der Waals surface area contributed by atoms with Gasteiger partial charge in [-0.1, -0.05) is 40.0 Å². The third kappa shape index (κ3) is 11.8. The van der Waals surface area contributed by atoms with Crippen molar-refractivity contribution in [2.75, 3.05) is 5.75 Å². The van der Waals surface area contributed by atoms with E-state index in [0.29, 0.717) is 5.41 Å². The highest BCUT2D eigenvalue weighted by molar-refractivity contribution is 8.03. The highest BCUT2D eigenvalue weighted by Gasteiger charge is 2.08. The number of hydrogen-bond acceptors (Lipinski definition) is 2. The molecule has 0 spiro atoms. The zero-order valence-electron chi connectivity index (χ0n) is 9.10. The second kappa shape index (κ2) is 7.26. The Labute approximate surface area is 86.9 Å². The molecule has 0 atom stereocenters. The van der Waals surface area contributed by atoms with E-state index < -0.39 is 0 Å². The molecule has 1 nitrogen and oxygen atoms in total. The molecule has 0 N–H and O–H groups in total. The molecule has 13 heavy (non-hydrogen) atoms. The van der Waals surface area contributed by atoms with E-state index in [9.17, 15) is 0 Å². The van der Waals surface area contributed by atoms with Crippen molar-refractivity contribution in [3.05, 3.63) is 0 Å². The van der Waals surface area contributed by atoms with Gasteiger partial charge in [-0.05, 0) is 30.0 Å². The summed E-state index contributed by atoms with van der Waals surface area (Å²) in [7, 11) is 0. The molecule has 0 bridgehead atoms. The van der Waals surface area contributed by atoms with Gasteiger partial charge in [0.25, 0.3) is 0 Å². The van der Waals surface area contributed by atoms with Gasteiger partial charge in [-0.25, -0.2) is 0 Å². The second-order valence-corrected chi connectivity index (χ2v) is 5.54. The van der Waals surface area contributed by atoms with Crippen molar-refractivity contribution >= 4 is 11.8 Å². The molecule has 0 aliphatic rings. The van der Waals surface area contributed by atoms with Gasteiger partial charge in [0.05, 0.1) is 0 Å². The highest BCUT2D eigenvalue weighted by Crippen LogP contribution is 2.22. The lowest BCUT2D eigenvalue weighted by Crippen LogP contribution is -2.03. The number of nitrogens with zero attached hydrogens (tertiary/aromatic N) is 1. The summed E-state index contributed by atoms with van der Waals surface area (Å²) in [6, 6.07) is 0. The quantitative estimate of drug-likeness (QED) is 0.473. The fourth-order valence-electron chi connectivity index (χ4n) is 1.23. The van der Waals surface area contributed by atoms with Crippen molar-refractivity contribution in [3.63, 3.8) is 0 Å². The average molecular weight is 199 g/mol. The van der Waals surface area contributed by atoms with Gasteiger partial charge in [0.2, 0.25) is 0 Å². The van der Waals surface area contributed by atoms with Crippen LogP contribution in [0.4, 0.5) is 0 Å². The van der Waals surface area contributed by atoms with Gasteiger partial charge in [-0.3, -0.25) is 0 Å². The monoisotopic (exact) mass is 199 g/mol. The van der Waals surface area contributed by atoms with E-state index in [4.69, 9.17) is 5.26 Å². The number of hydrogen-bond donors (Lipinski definition) is 0. The molecule has 76 valence electrons. The van der Waals surface area contributed by atoms with Gasteiger partial charge in [-0.2, -0.15) is 5.26 Å². The zero-order chi connectivity index (χ0) is 10.2. The van der Waals surface area contributed by atoms with Crippen LogP contribution in [0.2, 0.25) is 0 Å². The molecule has 0 aliphatic heterocycles. The summed E-state index contributed by atoms with van der Waals surface area (Å²) >= 11 is 1.38. The predicted molar refractivity (Wildman–Crippen MR) is 60.6 cm³/mol. The van der Waals surface area contributed by atoms with Gasteiger partial charge in [0, 0.05) is 5.75 Å². The lowest BCUT2D eigenvalue weighted by Gasteiger charge is -2.17. The number of thioether (sulfide) groups is 1. The third-order valence-electron chi connectivity index (χ3n) is 1.99. The molecule has 0 aromatic rings. The molecule has 0 aliphatic carbocycles. The highest BCUT2D eigenvalue weighted by atomic mass is 32.2. The Balaban J connectivity index is 3.05. The molecule has 0 aromatic heterocycles. The summed E-state index contributed by atoms with van der Waals surface area (Å²) in [5.41, 5.74) is 0.488. The fraction of sp³-hybridized carbons (Fsp3) is 0.909. The minimum Gasteiger partial charge on any atom is -0.185 e. The first kappa shape index (κ1) is 12.8. The van der Waals surface area contributed by atoms with E-state index in [0.717, 1.165) is 5.75 Å². The Bertz CT molecular complexity index is 152. The molecule has 0 rings (SSSR count). The van der Waals surface area contributed by atoms with Crippen LogP contribution in [0.3, 0.4) is 0 Å². The summed E-state index contributed by atoms with van der Waals surface area (Å²) in [6.07, 6.45) is 6.45. The number of unbranched alkanes of at least 4 members (excludes halogenated alkanes) is 3. The van der Waals surface area contributed by atoms with Crippen LogP contribution in [-0.4, -0.2) is 5.75 Å². The van der Waals surface area contributed by atoms with Crippen molar-refractivity contribution in [1.82, 2.24) is 0 Å². The Morgan fingerprint density at radius 1 is 1.08 bits per heavy atom. The van der Waals surface area contributed by atoms with Crippen LogP contribution in [0.5, 0.6) is 0 Å². The van der Waals surface area contributed by atoms with Crippen LogP contribution in [0.1, 0.15) is 52.9 Å². The van der Waals surface area contributed by atoms with Crippen LogP contribution in [-0.2, 0) is 0 Å². The number of thiocyanates is 1. The Kier molecular flexibility index (Phi) is 7.17. The van der Waals surface area contributed by atoms with Crippen molar-refractivity contribution in [2.24, 2.45) is 5.41 Å². The minimum absolute atomic E-state index is 0.488. The van der Waals surface area contributed by atoms with Crippen molar-refractivity contribution in [1.29, 1.82) is 5.26 Å². The van der Waals surface area contributed by atoms with E-state index in [2.05, 4.69) is 26.2 Å². The summed E-state index contributed by atoms with van der Waals surface area (Å²) in [5.74, 6) is 1.01. The van der Waals surface area contributed by atoms with E-state index in [1.807, 2.05) is 0 Å². The molecule has 0 radical (unpaired) electrons. The maximum Gasteiger partial charge on any atom is 0.133 e. The average Bonchev–Trinajstić information content (AvgIpc) is 2.01. The van der Waals surface area contributed by atoms with Gasteiger partial charge in [0.1, 0.15) is 5.40 Å². The lowest BCUT2D eigenvalue weighted by molar-refractivity contribution is 0.358. The topological polar surface area (TPSA) is 23.8 Å². The second-order valence-electron chi connectivity index (χ2n) is 4.66. The molecular weight excluding hydrogens is 178 g/mol. The van der Waals surface area contributed by atoms with Crippen molar-refractivity contribution < 1.29 is 0 Å². The molecular formula is C11H21NS. The van der Waals surface area contributed by atoms with E-state index in [1.165, 1.54) is 43.9 Å². The molecule has 0 amide bonds.